The van der Waals surface area contributed by atoms with Crippen molar-refractivity contribution in [3.63, 3.8) is 0 Å². The average Bonchev–Trinajstić information content (AvgIpc) is 3.05. The number of sulfonamides is 1. The largest absolute Gasteiger partial charge is 0.573 e. The molecule has 1 aliphatic heterocycles. The van der Waals surface area contributed by atoms with Crippen molar-refractivity contribution < 1.29 is 31.1 Å². The first kappa shape index (κ1) is 21.1. The number of aromatic nitrogens is 2. The van der Waals surface area contributed by atoms with Crippen LogP contribution in [0.1, 0.15) is 12.8 Å². The molecule has 1 saturated heterocycles. The first-order chi connectivity index (χ1) is 13.5. The van der Waals surface area contributed by atoms with Gasteiger partial charge < -0.3 is 10.1 Å². The summed E-state index contributed by atoms with van der Waals surface area (Å²) in [6, 6.07) is 5.90. The number of ether oxygens (including phenoxy) is 1. The molecule has 3 rings (SSSR count). The molecule has 1 N–H and O–H groups in total. The van der Waals surface area contributed by atoms with Crippen LogP contribution in [-0.4, -0.2) is 47.9 Å². The Kier molecular flexibility index (Phi) is 5.85. The quantitative estimate of drug-likeness (QED) is 0.783. The van der Waals surface area contributed by atoms with Crippen molar-refractivity contribution in [2.45, 2.75) is 24.1 Å². The molecule has 158 valence electrons. The standard InChI is InChI=1S/C17H19F3N4O4S/c1-23-8-7-15(22-23)21-16(25)12-5-9-24(10-6-12)29(26,27)14-4-2-3-13(11-14)28-17(18,19)20/h2-4,7-8,11-12H,5-6,9-10H2,1H3,(H,21,22,25). The molecule has 2 heterocycles. The Bertz CT molecular complexity index is 983. The third-order valence-electron chi connectivity index (χ3n) is 4.47. The first-order valence-electron chi connectivity index (χ1n) is 8.71. The van der Waals surface area contributed by atoms with E-state index in [4.69, 9.17) is 0 Å². The van der Waals surface area contributed by atoms with E-state index in [1.165, 1.54) is 12.1 Å². The molecule has 0 spiro atoms. The van der Waals surface area contributed by atoms with Crippen LogP contribution in [0, 0.1) is 5.92 Å². The number of alkyl halides is 3. The molecule has 0 saturated carbocycles. The van der Waals surface area contributed by atoms with Gasteiger partial charge in [0.1, 0.15) is 5.75 Å². The van der Waals surface area contributed by atoms with E-state index in [0.29, 0.717) is 5.82 Å². The first-order valence-corrected chi connectivity index (χ1v) is 10.1. The van der Waals surface area contributed by atoms with E-state index in [0.717, 1.165) is 16.4 Å². The number of rotatable bonds is 5. The minimum absolute atomic E-state index is 0.0764. The molecule has 0 bridgehead atoms. The number of hydrogen-bond donors (Lipinski definition) is 1. The van der Waals surface area contributed by atoms with Crippen molar-refractivity contribution in [3.8, 4) is 5.75 Å². The highest BCUT2D eigenvalue weighted by molar-refractivity contribution is 7.89. The predicted molar refractivity (Wildman–Crippen MR) is 96.4 cm³/mol. The number of nitrogens with zero attached hydrogens (tertiary/aromatic N) is 3. The summed E-state index contributed by atoms with van der Waals surface area (Å²) in [6.07, 6.45) is -2.66. The van der Waals surface area contributed by atoms with Crippen molar-refractivity contribution in [3.05, 3.63) is 36.5 Å². The summed E-state index contributed by atoms with van der Waals surface area (Å²) in [5.74, 6) is -0.832. The van der Waals surface area contributed by atoms with E-state index in [2.05, 4.69) is 15.2 Å². The zero-order valence-electron chi connectivity index (χ0n) is 15.4. The third-order valence-corrected chi connectivity index (χ3v) is 6.36. The fourth-order valence-electron chi connectivity index (χ4n) is 3.05. The second-order valence-electron chi connectivity index (χ2n) is 6.56. The Labute approximate surface area is 165 Å². The highest BCUT2D eigenvalue weighted by Gasteiger charge is 2.34. The van der Waals surface area contributed by atoms with Crippen LogP contribution >= 0.6 is 0 Å². The highest BCUT2D eigenvalue weighted by atomic mass is 32.2. The molecule has 0 atom stereocenters. The maximum Gasteiger partial charge on any atom is 0.573 e. The van der Waals surface area contributed by atoms with Gasteiger partial charge in [0.15, 0.2) is 5.82 Å². The van der Waals surface area contributed by atoms with Gasteiger partial charge in [-0.25, -0.2) is 8.42 Å². The molecule has 12 heteroatoms. The summed E-state index contributed by atoms with van der Waals surface area (Å²) < 4.78 is 69.1. The molecule has 29 heavy (non-hydrogen) atoms. The summed E-state index contributed by atoms with van der Waals surface area (Å²) in [5, 5.41) is 6.74. The van der Waals surface area contributed by atoms with Crippen LogP contribution < -0.4 is 10.1 Å². The number of aryl methyl sites for hydroxylation is 1. The molecule has 1 aromatic heterocycles. The van der Waals surface area contributed by atoms with Gasteiger partial charge in [-0.3, -0.25) is 9.48 Å². The van der Waals surface area contributed by atoms with Crippen LogP contribution in [0.5, 0.6) is 5.75 Å². The summed E-state index contributed by atoms with van der Waals surface area (Å²) in [6.45, 7) is 0.153. The van der Waals surface area contributed by atoms with Crippen LogP contribution in [0.4, 0.5) is 19.0 Å². The molecule has 0 aliphatic carbocycles. The molecular weight excluding hydrogens is 413 g/mol. The van der Waals surface area contributed by atoms with Crippen LogP contribution in [0.2, 0.25) is 0 Å². The molecule has 1 amide bonds. The van der Waals surface area contributed by atoms with Crippen molar-refractivity contribution >= 4 is 21.7 Å². The van der Waals surface area contributed by atoms with Crippen molar-refractivity contribution in [1.29, 1.82) is 0 Å². The lowest BCUT2D eigenvalue weighted by molar-refractivity contribution is -0.274. The number of amides is 1. The summed E-state index contributed by atoms with van der Waals surface area (Å²) in [7, 11) is -2.29. The zero-order chi connectivity index (χ0) is 21.2. The number of hydrogen-bond acceptors (Lipinski definition) is 5. The normalized spacial score (nSPS) is 16.6. The fraction of sp³-hybridized carbons (Fsp3) is 0.412. The number of anilines is 1. The van der Waals surface area contributed by atoms with Crippen molar-refractivity contribution in [1.82, 2.24) is 14.1 Å². The van der Waals surface area contributed by atoms with Crippen molar-refractivity contribution in [2.24, 2.45) is 13.0 Å². The smallest absolute Gasteiger partial charge is 0.406 e. The maximum absolute atomic E-state index is 12.8. The number of piperidine rings is 1. The molecule has 1 aliphatic rings. The van der Waals surface area contributed by atoms with Gasteiger partial charge in [0.25, 0.3) is 0 Å². The van der Waals surface area contributed by atoms with Crippen LogP contribution in [0.3, 0.4) is 0 Å². The Morgan fingerprint density at radius 1 is 1.24 bits per heavy atom. The van der Waals surface area contributed by atoms with Gasteiger partial charge in [-0.15, -0.1) is 13.2 Å². The lowest BCUT2D eigenvalue weighted by atomic mass is 9.97. The highest BCUT2D eigenvalue weighted by Crippen LogP contribution is 2.28. The number of carbonyl (C=O) groups is 1. The summed E-state index contributed by atoms with van der Waals surface area (Å²) >= 11 is 0. The van der Waals surface area contributed by atoms with Gasteiger partial charge in [0.2, 0.25) is 15.9 Å². The number of benzene rings is 1. The van der Waals surface area contributed by atoms with Crippen molar-refractivity contribution in [2.75, 3.05) is 18.4 Å². The molecule has 0 unspecified atom stereocenters. The molecule has 2 aromatic rings. The Balaban J connectivity index is 1.63. The number of nitrogens with one attached hydrogen (secondary N) is 1. The van der Waals surface area contributed by atoms with E-state index >= 15 is 0 Å². The molecule has 1 fully saturated rings. The molecular formula is C17H19F3N4O4S. The summed E-state index contributed by atoms with van der Waals surface area (Å²) in [5.41, 5.74) is 0. The monoisotopic (exact) mass is 432 g/mol. The van der Waals surface area contributed by atoms with E-state index in [-0.39, 0.29) is 42.7 Å². The Morgan fingerprint density at radius 3 is 2.52 bits per heavy atom. The second kappa shape index (κ2) is 8.03. The number of carbonyl (C=O) groups excluding carboxylic acids is 1. The molecule has 1 aromatic carbocycles. The zero-order valence-corrected chi connectivity index (χ0v) is 16.2. The van der Waals surface area contributed by atoms with Gasteiger partial charge in [0.05, 0.1) is 4.90 Å². The van der Waals surface area contributed by atoms with Gasteiger partial charge in [0, 0.05) is 44.4 Å². The average molecular weight is 432 g/mol. The Hall–Kier alpha value is -2.60. The fourth-order valence-corrected chi connectivity index (χ4v) is 4.55. The minimum atomic E-state index is -4.91. The van der Waals surface area contributed by atoms with Gasteiger partial charge in [-0.2, -0.15) is 9.40 Å². The lowest BCUT2D eigenvalue weighted by Gasteiger charge is -2.30. The van der Waals surface area contributed by atoms with Crippen LogP contribution in [-0.2, 0) is 21.9 Å². The lowest BCUT2D eigenvalue weighted by Crippen LogP contribution is -2.41. The molecule has 0 radical (unpaired) electrons. The van der Waals surface area contributed by atoms with Gasteiger partial charge in [-0.05, 0) is 25.0 Å². The van der Waals surface area contributed by atoms with Gasteiger partial charge in [-0.1, -0.05) is 6.07 Å². The van der Waals surface area contributed by atoms with E-state index in [1.807, 2.05) is 0 Å². The SMILES string of the molecule is Cn1ccc(NC(=O)C2CCN(S(=O)(=O)c3cccc(OC(F)(F)F)c3)CC2)n1. The predicted octanol–water partition coefficient (Wildman–Crippen LogP) is 2.36. The van der Waals surface area contributed by atoms with Gasteiger partial charge >= 0.3 is 6.36 Å². The van der Waals surface area contributed by atoms with E-state index < -0.39 is 22.1 Å². The van der Waals surface area contributed by atoms with Crippen LogP contribution in [0.15, 0.2) is 41.4 Å². The Morgan fingerprint density at radius 2 is 1.93 bits per heavy atom. The topological polar surface area (TPSA) is 93.5 Å². The number of halogens is 3. The van der Waals surface area contributed by atoms with E-state index in [1.54, 1.807) is 24.0 Å². The summed E-state index contributed by atoms with van der Waals surface area (Å²) in [4.78, 5) is 12.0. The third kappa shape index (κ3) is 5.26. The van der Waals surface area contributed by atoms with Crippen LogP contribution in [0.25, 0.3) is 0 Å². The minimum Gasteiger partial charge on any atom is -0.406 e. The second-order valence-corrected chi connectivity index (χ2v) is 8.50. The maximum atomic E-state index is 12.8. The van der Waals surface area contributed by atoms with E-state index in [9.17, 15) is 26.4 Å². The molecule has 8 nitrogen and oxygen atoms in total.